The summed E-state index contributed by atoms with van der Waals surface area (Å²) in [5, 5.41) is 0. The maximum Gasteiger partial charge on any atom is 0.124 e. The standard InChI is InChI=1S/C17H18FN/c1-19-11-14-9-5-6-10-15(14)17(16(18)12-19)13-7-3-2-4-8-13/h2-10,16-17H,11-12H2,1H3. The van der Waals surface area contributed by atoms with Gasteiger partial charge >= 0.3 is 0 Å². The molecule has 0 aromatic heterocycles. The van der Waals surface area contributed by atoms with Crippen LogP contribution in [0.5, 0.6) is 0 Å². The van der Waals surface area contributed by atoms with E-state index in [2.05, 4.69) is 17.0 Å². The topological polar surface area (TPSA) is 3.24 Å². The molecule has 1 aliphatic heterocycles. The zero-order chi connectivity index (χ0) is 13.2. The molecule has 0 saturated heterocycles. The number of fused-ring (bicyclic) bond motifs is 1. The Kier molecular flexibility index (Phi) is 3.34. The van der Waals surface area contributed by atoms with Crippen molar-refractivity contribution >= 4 is 0 Å². The highest BCUT2D eigenvalue weighted by Gasteiger charge is 2.30. The fourth-order valence-electron chi connectivity index (χ4n) is 2.98. The van der Waals surface area contributed by atoms with E-state index in [4.69, 9.17) is 0 Å². The lowest BCUT2D eigenvalue weighted by Gasteiger charge is -2.22. The molecule has 0 fully saturated rings. The van der Waals surface area contributed by atoms with Gasteiger partial charge in [0.25, 0.3) is 0 Å². The summed E-state index contributed by atoms with van der Waals surface area (Å²) in [4.78, 5) is 2.06. The zero-order valence-electron chi connectivity index (χ0n) is 11.1. The first-order chi connectivity index (χ1) is 9.25. The van der Waals surface area contributed by atoms with Gasteiger partial charge in [0, 0.05) is 19.0 Å². The van der Waals surface area contributed by atoms with E-state index in [0.29, 0.717) is 6.54 Å². The minimum absolute atomic E-state index is 0.151. The molecule has 0 radical (unpaired) electrons. The lowest BCUT2D eigenvalue weighted by Crippen LogP contribution is -2.27. The van der Waals surface area contributed by atoms with Crippen molar-refractivity contribution in [1.29, 1.82) is 0 Å². The Morgan fingerprint density at radius 2 is 1.68 bits per heavy atom. The molecule has 0 spiro atoms. The quantitative estimate of drug-likeness (QED) is 0.752. The Hall–Kier alpha value is -1.67. The number of hydrogen-bond donors (Lipinski definition) is 0. The Morgan fingerprint density at radius 3 is 2.47 bits per heavy atom. The molecule has 3 rings (SSSR count). The summed E-state index contributed by atoms with van der Waals surface area (Å²) in [6.07, 6.45) is -0.865. The lowest BCUT2D eigenvalue weighted by molar-refractivity contribution is 0.212. The van der Waals surface area contributed by atoms with Crippen LogP contribution in [-0.4, -0.2) is 24.7 Å². The van der Waals surface area contributed by atoms with E-state index in [0.717, 1.165) is 17.7 Å². The molecule has 2 unspecified atom stereocenters. The molecule has 0 N–H and O–H groups in total. The van der Waals surface area contributed by atoms with Gasteiger partial charge in [-0.25, -0.2) is 4.39 Å². The van der Waals surface area contributed by atoms with Crippen LogP contribution in [-0.2, 0) is 6.54 Å². The summed E-state index contributed by atoms with van der Waals surface area (Å²) in [5.41, 5.74) is 3.43. The number of halogens is 1. The van der Waals surface area contributed by atoms with Crippen LogP contribution in [0.15, 0.2) is 54.6 Å². The first kappa shape index (κ1) is 12.4. The smallest absolute Gasteiger partial charge is 0.124 e. The van der Waals surface area contributed by atoms with Gasteiger partial charge in [0.05, 0.1) is 0 Å². The number of benzene rings is 2. The molecule has 98 valence electrons. The maximum absolute atomic E-state index is 14.7. The highest BCUT2D eigenvalue weighted by molar-refractivity contribution is 5.40. The predicted octanol–water partition coefficient (Wildman–Crippen LogP) is 3.60. The second-order valence-corrected chi connectivity index (χ2v) is 5.30. The molecular formula is C17H18FN. The summed E-state index contributed by atoms with van der Waals surface area (Å²) < 4.78 is 14.7. The molecule has 1 heterocycles. The predicted molar refractivity (Wildman–Crippen MR) is 76.0 cm³/mol. The van der Waals surface area contributed by atoms with Gasteiger partial charge in [0.15, 0.2) is 0 Å². The summed E-state index contributed by atoms with van der Waals surface area (Å²) in [5.74, 6) is -0.151. The van der Waals surface area contributed by atoms with E-state index in [9.17, 15) is 4.39 Å². The van der Waals surface area contributed by atoms with E-state index in [1.807, 2.05) is 49.5 Å². The molecular weight excluding hydrogens is 237 g/mol. The lowest BCUT2D eigenvalue weighted by atomic mass is 9.85. The van der Waals surface area contributed by atoms with Gasteiger partial charge in [-0.1, -0.05) is 54.6 Å². The molecule has 19 heavy (non-hydrogen) atoms. The SMILES string of the molecule is CN1Cc2ccccc2C(c2ccccc2)C(F)C1. The Labute approximate surface area is 113 Å². The van der Waals surface area contributed by atoms with E-state index < -0.39 is 6.17 Å². The largest absolute Gasteiger partial charge is 0.299 e. The summed E-state index contributed by atoms with van der Waals surface area (Å²) in [7, 11) is 1.98. The van der Waals surface area contributed by atoms with Crippen molar-refractivity contribution in [2.45, 2.75) is 18.6 Å². The van der Waals surface area contributed by atoms with Crippen molar-refractivity contribution < 1.29 is 4.39 Å². The van der Waals surface area contributed by atoms with Crippen LogP contribution in [0, 0.1) is 0 Å². The van der Waals surface area contributed by atoms with E-state index in [-0.39, 0.29) is 5.92 Å². The molecule has 0 aliphatic carbocycles. The van der Waals surface area contributed by atoms with E-state index >= 15 is 0 Å². The molecule has 2 heteroatoms. The molecule has 0 amide bonds. The highest BCUT2D eigenvalue weighted by atomic mass is 19.1. The molecule has 1 nitrogen and oxygen atoms in total. The third kappa shape index (κ3) is 2.41. The van der Waals surface area contributed by atoms with Crippen molar-refractivity contribution in [2.75, 3.05) is 13.6 Å². The average molecular weight is 255 g/mol. The van der Waals surface area contributed by atoms with Crippen LogP contribution in [0.1, 0.15) is 22.6 Å². The average Bonchev–Trinajstić information content (AvgIpc) is 2.54. The van der Waals surface area contributed by atoms with Crippen LogP contribution < -0.4 is 0 Å². The highest BCUT2D eigenvalue weighted by Crippen LogP contribution is 2.35. The molecule has 0 saturated carbocycles. The van der Waals surface area contributed by atoms with Crippen molar-refractivity contribution in [1.82, 2.24) is 4.90 Å². The number of rotatable bonds is 1. The van der Waals surface area contributed by atoms with Crippen LogP contribution in [0.2, 0.25) is 0 Å². The van der Waals surface area contributed by atoms with Gasteiger partial charge in [0.1, 0.15) is 6.17 Å². The van der Waals surface area contributed by atoms with Gasteiger partial charge in [-0.15, -0.1) is 0 Å². The van der Waals surface area contributed by atoms with Gasteiger partial charge in [-0.3, -0.25) is 4.90 Å². The van der Waals surface area contributed by atoms with Crippen LogP contribution in [0.3, 0.4) is 0 Å². The van der Waals surface area contributed by atoms with Crippen molar-refractivity contribution in [3.05, 3.63) is 71.3 Å². The number of alkyl halides is 1. The fourth-order valence-corrected chi connectivity index (χ4v) is 2.98. The molecule has 1 aliphatic rings. The molecule has 2 atom stereocenters. The van der Waals surface area contributed by atoms with Crippen molar-refractivity contribution in [3.63, 3.8) is 0 Å². The second kappa shape index (κ2) is 5.14. The fraction of sp³-hybridized carbons (Fsp3) is 0.294. The Bertz CT molecular complexity index is 552. The van der Waals surface area contributed by atoms with Crippen LogP contribution in [0.4, 0.5) is 4.39 Å². The minimum atomic E-state index is -0.865. The van der Waals surface area contributed by atoms with Crippen molar-refractivity contribution in [3.8, 4) is 0 Å². The van der Waals surface area contributed by atoms with Gasteiger partial charge in [-0.2, -0.15) is 0 Å². The molecule has 2 aromatic rings. The Morgan fingerprint density at radius 1 is 1.00 bits per heavy atom. The zero-order valence-corrected chi connectivity index (χ0v) is 11.1. The number of nitrogens with zero attached hydrogens (tertiary/aromatic N) is 1. The van der Waals surface area contributed by atoms with Gasteiger partial charge < -0.3 is 0 Å². The summed E-state index contributed by atoms with van der Waals surface area (Å²) >= 11 is 0. The summed E-state index contributed by atoms with van der Waals surface area (Å²) in [6, 6.07) is 18.2. The third-order valence-electron chi connectivity index (χ3n) is 3.84. The normalized spacial score (nSPS) is 23.7. The first-order valence-electron chi connectivity index (χ1n) is 6.71. The third-order valence-corrected chi connectivity index (χ3v) is 3.84. The second-order valence-electron chi connectivity index (χ2n) is 5.30. The maximum atomic E-state index is 14.7. The minimum Gasteiger partial charge on any atom is -0.299 e. The molecule has 2 aromatic carbocycles. The van der Waals surface area contributed by atoms with Crippen LogP contribution in [0.25, 0.3) is 0 Å². The Balaban J connectivity index is 2.11. The summed E-state index contributed by atoms with van der Waals surface area (Å²) in [6.45, 7) is 1.30. The van der Waals surface area contributed by atoms with Crippen LogP contribution >= 0.6 is 0 Å². The van der Waals surface area contributed by atoms with Crippen molar-refractivity contribution in [2.24, 2.45) is 0 Å². The first-order valence-corrected chi connectivity index (χ1v) is 6.71. The van der Waals surface area contributed by atoms with E-state index in [1.165, 1.54) is 5.56 Å². The van der Waals surface area contributed by atoms with E-state index in [1.54, 1.807) is 0 Å². The van der Waals surface area contributed by atoms with Gasteiger partial charge in [0.2, 0.25) is 0 Å². The monoisotopic (exact) mass is 255 g/mol. The van der Waals surface area contributed by atoms with Gasteiger partial charge in [-0.05, 0) is 23.7 Å². The number of hydrogen-bond acceptors (Lipinski definition) is 1. The molecule has 0 bridgehead atoms.